The lowest BCUT2D eigenvalue weighted by atomic mass is 10.3. The molecule has 2 amide bonds. The van der Waals surface area contributed by atoms with E-state index < -0.39 is 6.09 Å². The molecule has 0 aromatic carbocycles. The summed E-state index contributed by atoms with van der Waals surface area (Å²) in [5.74, 6) is 0.518. The summed E-state index contributed by atoms with van der Waals surface area (Å²) in [5.41, 5.74) is 0.899. The maximum Gasteiger partial charge on any atom is 0.410 e. The molecule has 22 heavy (non-hydrogen) atoms. The highest BCUT2D eigenvalue weighted by Crippen LogP contribution is 2.17. The van der Waals surface area contributed by atoms with E-state index >= 15 is 0 Å². The van der Waals surface area contributed by atoms with E-state index in [9.17, 15) is 9.59 Å². The number of ether oxygens (including phenoxy) is 2. The zero-order chi connectivity index (χ0) is 15.5. The van der Waals surface area contributed by atoms with Crippen LogP contribution in [-0.4, -0.2) is 65.7 Å². The van der Waals surface area contributed by atoms with Crippen LogP contribution >= 0.6 is 0 Å². The Kier molecular flexibility index (Phi) is 4.13. The standard InChI is InChI=1S/C15H19N3O4/c1-11-3-2-4-13(16-11)22-12-5-6-17(9-12)14(19)10-18-7-8-21-15(18)20/h2-4,12H,5-10H2,1H3/t12-/m0/s1. The van der Waals surface area contributed by atoms with Crippen LogP contribution in [0.1, 0.15) is 12.1 Å². The first-order valence-electron chi connectivity index (χ1n) is 7.41. The van der Waals surface area contributed by atoms with Gasteiger partial charge in [-0.3, -0.25) is 9.69 Å². The molecule has 3 heterocycles. The van der Waals surface area contributed by atoms with Gasteiger partial charge >= 0.3 is 6.09 Å². The molecule has 2 aliphatic heterocycles. The van der Waals surface area contributed by atoms with E-state index in [-0.39, 0.29) is 18.6 Å². The van der Waals surface area contributed by atoms with Crippen LogP contribution in [0, 0.1) is 6.92 Å². The first-order chi connectivity index (χ1) is 10.6. The highest BCUT2D eigenvalue weighted by atomic mass is 16.6. The molecule has 0 unspecified atom stereocenters. The van der Waals surface area contributed by atoms with Crippen LogP contribution in [0.25, 0.3) is 0 Å². The Bertz CT molecular complexity index is 578. The fourth-order valence-corrected chi connectivity index (χ4v) is 2.64. The third-order valence-electron chi connectivity index (χ3n) is 3.82. The van der Waals surface area contributed by atoms with Crippen molar-refractivity contribution in [2.45, 2.75) is 19.4 Å². The summed E-state index contributed by atoms with van der Waals surface area (Å²) in [7, 11) is 0. The molecule has 118 valence electrons. The average Bonchev–Trinajstić information content (AvgIpc) is 3.09. The number of pyridine rings is 1. The molecule has 7 heteroatoms. The van der Waals surface area contributed by atoms with E-state index in [2.05, 4.69) is 4.98 Å². The minimum Gasteiger partial charge on any atom is -0.472 e. The number of hydrogen-bond acceptors (Lipinski definition) is 5. The lowest BCUT2D eigenvalue weighted by Gasteiger charge is -2.20. The van der Waals surface area contributed by atoms with Gasteiger partial charge < -0.3 is 14.4 Å². The van der Waals surface area contributed by atoms with Crippen molar-refractivity contribution in [3.05, 3.63) is 23.9 Å². The predicted octanol–water partition coefficient (Wildman–Crippen LogP) is 0.822. The molecule has 7 nitrogen and oxygen atoms in total. The van der Waals surface area contributed by atoms with Crippen molar-refractivity contribution >= 4 is 12.0 Å². The van der Waals surface area contributed by atoms with Gasteiger partial charge in [0.15, 0.2) is 0 Å². The molecule has 0 radical (unpaired) electrons. The molecule has 0 spiro atoms. The molecule has 0 saturated carbocycles. The maximum atomic E-state index is 12.2. The largest absolute Gasteiger partial charge is 0.472 e. The van der Waals surface area contributed by atoms with Crippen LogP contribution in [0.4, 0.5) is 4.79 Å². The Morgan fingerprint density at radius 3 is 3.05 bits per heavy atom. The molecule has 1 aromatic heterocycles. The quantitative estimate of drug-likeness (QED) is 0.823. The number of carbonyl (C=O) groups excluding carboxylic acids is 2. The number of rotatable bonds is 4. The van der Waals surface area contributed by atoms with E-state index in [4.69, 9.17) is 9.47 Å². The van der Waals surface area contributed by atoms with Crippen molar-refractivity contribution in [3.8, 4) is 5.88 Å². The number of nitrogens with zero attached hydrogens (tertiary/aromatic N) is 3. The van der Waals surface area contributed by atoms with Crippen LogP contribution in [-0.2, 0) is 9.53 Å². The monoisotopic (exact) mass is 305 g/mol. The summed E-state index contributed by atoms with van der Waals surface area (Å²) in [6.07, 6.45) is 0.305. The van der Waals surface area contributed by atoms with Gasteiger partial charge in [0.25, 0.3) is 0 Å². The topological polar surface area (TPSA) is 72.0 Å². The Hall–Kier alpha value is -2.31. The van der Waals surface area contributed by atoms with Gasteiger partial charge in [0.1, 0.15) is 19.3 Å². The van der Waals surface area contributed by atoms with Crippen LogP contribution in [0.3, 0.4) is 0 Å². The lowest BCUT2D eigenvalue weighted by Crippen LogP contribution is -2.40. The lowest BCUT2D eigenvalue weighted by molar-refractivity contribution is -0.130. The average molecular weight is 305 g/mol. The van der Waals surface area contributed by atoms with Crippen molar-refractivity contribution < 1.29 is 19.1 Å². The third-order valence-corrected chi connectivity index (χ3v) is 3.82. The molecule has 1 aromatic rings. The SMILES string of the molecule is Cc1cccc(O[C@H]2CCN(C(=O)CN3CCOC3=O)C2)n1. The number of carbonyl (C=O) groups is 2. The minimum atomic E-state index is -0.413. The zero-order valence-corrected chi connectivity index (χ0v) is 12.5. The molecule has 0 aliphatic carbocycles. The van der Waals surface area contributed by atoms with Gasteiger partial charge in [-0.05, 0) is 13.0 Å². The molecule has 2 aliphatic rings. The molecule has 3 rings (SSSR count). The van der Waals surface area contributed by atoms with Crippen molar-refractivity contribution in [1.29, 1.82) is 0 Å². The highest BCUT2D eigenvalue weighted by Gasteiger charge is 2.31. The van der Waals surface area contributed by atoms with Gasteiger partial charge in [0.05, 0.1) is 13.1 Å². The van der Waals surface area contributed by atoms with Gasteiger partial charge in [-0.2, -0.15) is 0 Å². The minimum absolute atomic E-state index is 0.0521. The van der Waals surface area contributed by atoms with Crippen molar-refractivity contribution in [3.63, 3.8) is 0 Å². The van der Waals surface area contributed by atoms with Gasteiger partial charge in [0.2, 0.25) is 11.8 Å². The van der Waals surface area contributed by atoms with Crippen molar-refractivity contribution in [2.24, 2.45) is 0 Å². The van der Waals surface area contributed by atoms with Crippen LogP contribution in [0.5, 0.6) is 5.88 Å². The Morgan fingerprint density at radius 2 is 2.32 bits per heavy atom. The van der Waals surface area contributed by atoms with Gasteiger partial charge in [-0.25, -0.2) is 9.78 Å². The van der Waals surface area contributed by atoms with E-state index in [1.807, 2.05) is 25.1 Å². The Balaban J connectivity index is 1.51. The van der Waals surface area contributed by atoms with Crippen molar-refractivity contribution in [2.75, 3.05) is 32.8 Å². The summed E-state index contributed by atoms with van der Waals surface area (Å²) in [6.45, 7) is 3.98. The molecule has 0 N–H and O–H groups in total. The van der Waals surface area contributed by atoms with Gasteiger partial charge in [-0.1, -0.05) is 6.07 Å². The fourth-order valence-electron chi connectivity index (χ4n) is 2.64. The fraction of sp³-hybridized carbons (Fsp3) is 0.533. The van der Waals surface area contributed by atoms with E-state index in [1.165, 1.54) is 4.90 Å². The molecule has 1 atom stereocenters. The van der Waals surface area contributed by atoms with Gasteiger partial charge in [-0.15, -0.1) is 0 Å². The first kappa shape index (κ1) is 14.6. The summed E-state index contributed by atoms with van der Waals surface area (Å²) >= 11 is 0. The second-order valence-corrected chi connectivity index (χ2v) is 5.52. The maximum absolute atomic E-state index is 12.2. The second-order valence-electron chi connectivity index (χ2n) is 5.52. The Morgan fingerprint density at radius 1 is 1.45 bits per heavy atom. The highest BCUT2D eigenvalue weighted by molar-refractivity contribution is 5.83. The van der Waals surface area contributed by atoms with Crippen LogP contribution in [0.2, 0.25) is 0 Å². The number of cyclic esters (lactones) is 1. The summed E-state index contributed by atoms with van der Waals surface area (Å²) in [4.78, 5) is 31.0. The van der Waals surface area contributed by atoms with Crippen LogP contribution in [0.15, 0.2) is 18.2 Å². The summed E-state index contributed by atoms with van der Waals surface area (Å²) in [5, 5.41) is 0. The number of aromatic nitrogens is 1. The van der Waals surface area contributed by atoms with E-state index in [0.717, 1.165) is 12.1 Å². The molecular formula is C15H19N3O4. The van der Waals surface area contributed by atoms with E-state index in [1.54, 1.807) is 4.90 Å². The van der Waals surface area contributed by atoms with E-state index in [0.29, 0.717) is 32.1 Å². The van der Waals surface area contributed by atoms with Crippen LogP contribution < -0.4 is 4.74 Å². The normalized spacial score (nSPS) is 21.1. The molecule has 2 saturated heterocycles. The number of aryl methyl sites for hydroxylation is 1. The third kappa shape index (κ3) is 3.29. The van der Waals surface area contributed by atoms with Crippen molar-refractivity contribution in [1.82, 2.24) is 14.8 Å². The second kappa shape index (κ2) is 6.21. The number of hydrogen-bond donors (Lipinski definition) is 0. The zero-order valence-electron chi connectivity index (χ0n) is 12.5. The summed E-state index contributed by atoms with van der Waals surface area (Å²) in [6, 6.07) is 5.62. The Labute approximate surface area is 128 Å². The smallest absolute Gasteiger partial charge is 0.410 e. The molecule has 0 bridgehead atoms. The predicted molar refractivity (Wildman–Crippen MR) is 77.5 cm³/mol. The first-order valence-corrected chi connectivity index (χ1v) is 7.41. The number of amides is 2. The summed E-state index contributed by atoms with van der Waals surface area (Å²) < 4.78 is 10.6. The number of likely N-dealkylation sites (tertiary alicyclic amines) is 1. The molecular weight excluding hydrogens is 286 g/mol. The molecule has 2 fully saturated rings. The van der Waals surface area contributed by atoms with Gasteiger partial charge in [0, 0.05) is 24.7 Å².